The molecule has 1 aliphatic heterocycles. The second-order valence-corrected chi connectivity index (χ2v) is 10.1. The molecule has 0 spiro atoms. The third-order valence-corrected chi connectivity index (χ3v) is 7.50. The first-order valence-electron chi connectivity index (χ1n) is 12.1. The largest absolute Gasteiger partial charge is 0.401 e. The first kappa shape index (κ1) is 23.1. The van der Waals surface area contributed by atoms with E-state index in [-0.39, 0.29) is 11.7 Å². The monoisotopic (exact) mass is 467 g/mol. The number of halogens is 1. The van der Waals surface area contributed by atoms with Gasteiger partial charge in [-0.05, 0) is 57.4 Å². The SMILES string of the molecule is C/C(N)=C(\c1cnc2c3ccc(C(C)(O)C4CC4)c(F)c3n(CC3CCOCC3)c2c1)N(C)N. The summed E-state index contributed by atoms with van der Waals surface area (Å²) in [4.78, 5) is 4.74. The Labute approximate surface area is 199 Å². The molecular weight excluding hydrogens is 433 g/mol. The Bertz CT molecular complexity index is 1270. The molecule has 0 radical (unpaired) electrons. The van der Waals surface area contributed by atoms with Crippen molar-refractivity contribution in [1.29, 1.82) is 0 Å². The van der Waals surface area contributed by atoms with Crippen molar-refractivity contribution in [3.8, 4) is 0 Å². The van der Waals surface area contributed by atoms with Gasteiger partial charge in [-0.2, -0.15) is 0 Å². The molecule has 0 amide bonds. The Kier molecular flexibility index (Phi) is 5.78. The zero-order valence-corrected chi connectivity index (χ0v) is 20.1. The number of benzene rings is 1. The number of nitrogens with two attached hydrogens (primary N) is 2. The van der Waals surface area contributed by atoms with Crippen LogP contribution in [0.4, 0.5) is 4.39 Å². The lowest BCUT2D eigenvalue weighted by atomic mass is 9.89. The van der Waals surface area contributed by atoms with Gasteiger partial charge in [-0.15, -0.1) is 0 Å². The van der Waals surface area contributed by atoms with E-state index < -0.39 is 5.60 Å². The molecule has 3 aromatic rings. The van der Waals surface area contributed by atoms with E-state index in [4.69, 9.17) is 21.3 Å². The number of pyridine rings is 1. The minimum Gasteiger partial charge on any atom is -0.401 e. The van der Waals surface area contributed by atoms with Crippen molar-refractivity contribution in [3.05, 3.63) is 47.0 Å². The number of aliphatic hydroxyl groups is 1. The molecule has 1 atom stereocenters. The summed E-state index contributed by atoms with van der Waals surface area (Å²) in [5.74, 6) is 6.17. The van der Waals surface area contributed by atoms with Crippen LogP contribution in [-0.2, 0) is 16.9 Å². The van der Waals surface area contributed by atoms with E-state index in [0.717, 1.165) is 47.7 Å². The molecule has 7 nitrogen and oxygen atoms in total. The maximum absolute atomic E-state index is 16.2. The third-order valence-electron chi connectivity index (χ3n) is 7.50. The third kappa shape index (κ3) is 3.83. The fourth-order valence-electron chi connectivity index (χ4n) is 5.48. The highest BCUT2D eigenvalue weighted by Gasteiger charge is 2.43. The Hall–Kier alpha value is -2.68. The van der Waals surface area contributed by atoms with Gasteiger partial charge in [0.1, 0.15) is 0 Å². The molecule has 1 saturated carbocycles. The lowest BCUT2D eigenvalue weighted by Gasteiger charge is -2.26. The van der Waals surface area contributed by atoms with Crippen LogP contribution in [0.25, 0.3) is 27.6 Å². The van der Waals surface area contributed by atoms with Crippen molar-refractivity contribution in [2.24, 2.45) is 23.4 Å². The molecule has 8 heteroatoms. The van der Waals surface area contributed by atoms with Gasteiger partial charge in [0.15, 0.2) is 5.82 Å². The number of ether oxygens (including phenoxy) is 1. The molecule has 1 aliphatic carbocycles. The summed E-state index contributed by atoms with van der Waals surface area (Å²) in [6.45, 7) is 5.61. The summed E-state index contributed by atoms with van der Waals surface area (Å²) in [5, 5.41) is 13.4. The topological polar surface area (TPSA) is 103 Å². The quantitative estimate of drug-likeness (QED) is 0.376. The van der Waals surface area contributed by atoms with E-state index in [2.05, 4.69) is 0 Å². The van der Waals surface area contributed by atoms with E-state index in [9.17, 15) is 5.11 Å². The summed E-state index contributed by atoms with van der Waals surface area (Å²) in [6.07, 6.45) is 5.42. The minimum atomic E-state index is -1.19. The van der Waals surface area contributed by atoms with Crippen LogP contribution in [0.3, 0.4) is 0 Å². The molecule has 34 heavy (non-hydrogen) atoms. The molecule has 3 heterocycles. The second kappa shape index (κ2) is 8.52. The van der Waals surface area contributed by atoms with E-state index in [1.165, 1.54) is 5.01 Å². The molecule has 1 saturated heterocycles. The standard InChI is InChI=1S/C26H34FN5O2/c1-15(28)24(31(3)29)17-12-21-23(30-13-17)19-6-7-20(26(2,33)18-4-5-18)22(27)25(19)32(21)14-16-8-10-34-11-9-16/h6-7,12-13,16,18,33H,4-5,8-11,14,28-29H2,1-3H3/b24-15-. The molecule has 2 aliphatic rings. The lowest BCUT2D eigenvalue weighted by Crippen LogP contribution is -2.26. The summed E-state index contributed by atoms with van der Waals surface area (Å²) in [7, 11) is 1.74. The second-order valence-electron chi connectivity index (χ2n) is 10.1. The predicted molar refractivity (Wildman–Crippen MR) is 132 cm³/mol. The fraction of sp³-hybridized carbons (Fsp3) is 0.500. The van der Waals surface area contributed by atoms with Gasteiger partial charge in [0.2, 0.25) is 0 Å². The zero-order chi connectivity index (χ0) is 24.2. The van der Waals surface area contributed by atoms with Gasteiger partial charge in [-0.3, -0.25) is 4.98 Å². The number of rotatable bonds is 6. The highest BCUT2D eigenvalue weighted by atomic mass is 19.1. The number of nitrogens with zero attached hydrogens (tertiary/aromatic N) is 3. The van der Waals surface area contributed by atoms with Crippen LogP contribution in [0.1, 0.15) is 50.7 Å². The maximum Gasteiger partial charge on any atom is 0.153 e. The maximum atomic E-state index is 16.2. The number of allylic oxidation sites excluding steroid dienone is 1. The van der Waals surface area contributed by atoms with Crippen LogP contribution in [0, 0.1) is 17.7 Å². The number of hydrogen-bond donors (Lipinski definition) is 3. The van der Waals surface area contributed by atoms with Crippen molar-refractivity contribution in [1.82, 2.24) is 14.6 Å². The molecule has 2 fully saturated rings. The molecule has 0 bridgehead atoms. The minimum absolute atomic E-state index is 0.0952. The Balaban J connectivity index is 1.75. The van der Waals surface area contributed by atoms with Crippen LogP contribution in [0.5, 0.6) is 0 Å². The molecular formula is C26H34FN5O2. The Morgan fingerprint density at radius 1 is 1.29 bits per heavy atom. The number of aromatic nitrogens is 2. The van der Waals surface area contributed by atoms with E-state index in [0.29, 0.717) is 48.2 Å². The lowest BCUT2D eigenvalue weighted by molar-refractivity contribution is 0.0297. The van der Waals surface area contributed by atoms with E-state index in [1.54, 1.807) is 33.2 Å². The van der Waals surface area contributed by atoms with Gasteiger partial charge < -0.3 is 25.2 Å². The molecule has 2 aromatic heterocycles. The molecule has 1 aromatic carbocycles. The van der Waals surface area contributed by atoms with Gasteiger partial charge in [0, 0.05) is 55.2 Å². The predicted octanol–water partition coefficient (Wildman–Crippen LogP) is 3.83. The van der Waals surface area contributed by atoms with Crippen molar-refractivity contribution < 1.29 is 14.2 Å². The molecule has 5 rings (SSSR count). The smallest absolute Gasteiger partial charge is 0.153 e. The van der Waals surface area contributed by atoms with Crippen molar-refractivity contribution >= 4 is 27.6 Å². The Morgan fingerprint density at radius 3 is 2.62 bits per heavy atom. The van der Waals surface area contributed by atoms with Gasteiger partial charge in [-0.25, -0.2) is 10.2 Å². The molecule has 5 N–H and O–H groups in total. The first-order chi connectivity index (χ1) is 16.2. The highest BCUT2D eigenvalue weighted by Crippen LogP contribution is 2.47. The Morgan fingerprint density at radius 2 is 2.00 bits per heavy atom. The fourth-order valence-corrected chi connectivity index (χ4v) is 5.48. The van der Waals surface area contributed by atoms with Crippen LogP contribution in [0.2, 0.25) is 0 Å². The van der Waals surface area contributed by atoms with Crippen LogP contribution in [-0.4, -0.2) is 39.9 Å². The van der Waals surface area contributed by atoms with Crippen molar-refractivity contribution in [2.45, 2.75) is 51.7 Å². The first-order valence-corrected chi connectivity index (χ1v) is 12.1. The highest BCUT2D eigenvalue weighted by molar-refractivity contribution is 6.06. The number of hydrogen-bond acceptors (Lipinski definition) is 6. The van der Waals surface area contributed by atoms with Gasteiger partial charge in [-0.1, -0.05) is 12.1 Å². The molecule has 1 unspecified atom stereocenters. The average molecular weight is 468 g/mol. The average Bonchev–Trinajstić information content (AvgIpc) is 3.60. The summed E-state index contributed by atoms with van der Waals surface area (Å²) in [6, 6.07) is 5.63. The van der Waals surface area contributed by atoms with E-state index in [1.807, 2.05) is 16.7 Å². The zero-order valence-electron chi connectivity index (χ0n) is 20.1. The van der Waals surface area contributed by atoms with Crippen molar-refractivity contribution in [3.63, 3.8) is 0 Å². The van der Waals surface area contributed by atoms with Crippen LogP contribution < -0.4 is 11.6 Å². The summed E-state index contributed by atoms with van der Waals surface area (Å²) >= 11 is 0. The van der Waals surface area contributed by atoms with E-state index >= 15 is 4.39 Å². The van der Waals surface area contributed by atoms with Gasteiger partial charge >= 0.3 is 0 Å². The molecule has 182 valence electrons. The van der Waals surface area contributed by atoms with Crippen LogP contribution in [0.15, 0.2) is 30.1 Å². The van der Waals surface area contributed by atoms with Crippen molar-refractivity contribution in [2.75, 3.05) is 20.3 Å². The summed E-state index contributed by atoms with van der Waals surface area (Å²) in [5.41, 5.74) is 9.39. The van der Waals surface area contributed by atoms with Crippen LogP contribution >= 0.6 is 0 Å². The van der Waals surface area contributed by atoms with Gasteiger partial charge in [0.25, 0.3) is 0 Å². The summed E-state index contributed by atoms with van der Waals surface area (Å²) < 4.78 is 23.8. The van der Waals surface area contributed by atoms with Gasteiger partial charge in [0.05, 0.1) is 27.8 Å². The number of hydrazine groups is 1. The number of fused-ring (bicyclic) bond motifs is 3. The normalized spacial score (nSPS) is 19.9.